The van der Waals surface area contributed by atoms with Crippen LogP contribution < -0.4 is 10.2 Å². The Morgan fingerprint density at radius 1 is 1.17 bits per heavy atom. The third kappa shape index (κ3) is 4.09. The van der Waals surface area contributed by atoms with E-state index < -0.39 is 5.82 Å². The molecule has 1 N–H and O–H groups in total. The van der Waals surface area contributed by atoms with Gasteiger partial charge in [0.2, 0.25) is 0 Å². The van der Waals surface area contributed by atoms with E-state index in [2.05, 4.69) is 26.1 Å². The number of nitrogens with zero attached hydrogens (tertiary/aromatic N) is 2. The molecule has 0 spiro atoms. The van der Waals surface area contributed by atoms with Crippen molar-refractivity contribution in [2.75, 3.05) is 23.3 Å². The van der Waals surface area contributed by atoms with E-state index in [4.69, 9.17) is 16.6 Å². The standard InChI is InChI=1S/C22H20BrClFN3O/c1-13-20(22(29)26-15-6-7-17(24)18(25)12-15)16-11-14(23)5-8-19(16)27-21(13)28-9-3-2-4-10-28/h5-8,11-12H,2-4,9-10H2,1H3,(H,26,29). The first-order valence-corrected chi connectivity index (χ1v) is 10.7. The molecule has 1 aliphatic heterocycles. The minimum absolute atomic E-state index is 0.0184. The molecule has 4 rings (SSSR count). The first kappa shape index (κ1) is 20.1. The van der Waals surface area contributed by atoms with Gasteiger partial charge in [0.25, 0.3) is 5.91 Å². The Bertz CT molecular complexity index is 1100. The van der Waals surface area contributed by atoms with E-state index in [1.54, 1.807) is 6.07 Å². The summed E-state index contributed by atoms with van der Waals surface area (Å²) >= 11 is 9.24. The summed E-state index contributed by atoms with van der Waals surface area (Å²) in [6, 6.07) is 9.96. The number of nitrogens with one attached hydrogen (secondary N) is 1. The number of anilines is 2. The number of aromatic nitrogens is 1. The number of piperidine rings is 1. The third-order valence-electron chi connectivity index (χ3n) is 5.22. The van der Waals surface area contributed by atoms with E-state index in [0.717, 1.165) is 52.7 Å². The van der Waals surface area contributed by atoms with E-state index in [0.29, 0.717) is 11.3 Å². The van der Waals surface area contributed by atoms with Gasteiger partial charge in [-0.1, -0.05) is 27.5 Å². The van der Waals surface area contributed by atoms with Crippen LogP contribution in [0.25, 0.3) is 10.9 Å². The normalized spacial score (nSPS) is 14.3. The fourth-order valence-corrected chi connectivity index (χ4v) is 4.27. The Hall–Kier alpha value is -2.18. The summed E-state index contributed by atoms with van der Waals surface area (Å²) in [5, 5.41) is 3.58. The second kappa shape index (κ2) is 8.28. The van der Waals surface area contributed by atoms with Crippen molar-refractivity contribution in [1.29, 1.82) is 0 Å². The van der Waals surface area contributed by atoms with Crippen LogP contribution in [-0.4, -0.2) is 24.0 Å². The highest BCUT2D eigenvalue weighted by Crippen LogP contribution is 2.32. The lowest BCUT2D eigenvalue weighted by Crippen LogP contribution is -2.31. The smallest absolute Gasteiger partial charge is 0.256 e. The second-order valence-corrected chi connectivity index (χ2v) is 8.55. The highest BCUT2D eigenvalue weighted by atomic mass is 79.9. The first-order chi connectivity index (χ1) is 13.9. The number of amides is 1. The number of rotatable bonds is 3. The molecule has 7 heteroatoms. The highest BCUT2D eigenvalue weighted by molar-refractivity contribution is 9.10. The summed E-state index contributed by atoms with van der Waals surface area (Å²) in [4.78, 5) is 20.4. The summed E-state index contributed by atoms with van der Waals surface area (Å²) in [7, 11) is 0. The molecule has 0 aliphatic carbocycles. The lowest BCUT2D eigenvalue weighted by molar-refractivity contribution is 0.102. The molecular weight excluding hydrogens is 457 g/mol. The van der Waals surface area contributed by atoms with Gasteiger partial charge in [0, 0.05) is 34.2 Å². The van der Waals surface area contributed by atoms with Crippen LogP contribution >= 0.6 is 27.5 Å². The molecule has 2 aromatic carbocycles. The van der Waals surface area contributed by atoms with Gasteiger partial charge in [-0.15, -0.1) is 0 Å². The quantitative estimate of drug-likeness (QED) is 0.480. The monoisotopic (exact) mass is 475 g/mol. The molecule has 0 atom stereocenters. The zero-order valence-corrected chi connectivity index (χ0v) is 18.3. The molecular formula is C22H20BrClFN3O. The largest absolute Gasteiger partial charge is 0.356 e. The summed E-state index contributed by atoms with van der Waals surface area (Å²) in [6.45, 7) is 3.79. The molecule has 1 fully saturated rings. The molecule has 0 bridgehead atoms. The first-order valence-electron chi connectivity index (χ1n) is 9.55. The number of carbonyl (C=O) groups is 1. The van der Waals surface area contributed by atoms with E-state index in [9.17, 15) is 9.18 Å². The van der Waals surface area contributed by atoms with E-state index in [1.165, 1.54) is 18.6 Å². The Balaban J connectivity index is 1.81. The van der Waals surface area contributed by atoms with Crippen molar-refractivity contribution in [2.24, 2.45) is 0 Å². The lowest BCUT2D eigenvalue weighted by atomic mass is 10.0. The van der Waals surface area contributed by atoms with E-state index in [1.807, 2.05) is 25.1 Å². The molecule has 29 heavy (non-hydrogen) atoms. The Morgan fingerprint density at radius 3 is 2.66 bits per heavy atom. The molecule has 0 radical (unpaired) electrons. The van der Waals surface area contributed by atoms with Gasteiger partial charge in [0.15, 0.2) is 0 Å². The Labute approximate surface area is 182 Å². The predicted molar refractivity (Wildman–Crippen MR) is 120 cm³/mol. The molecule has 2 heterocycles. The number of halogens is 3. The van der Waals surface area contributed by atoms with Gasteiger partial charge in [0.1, 0.15) is 11.6 Å². The fourth-order valence-electron chi connectivity index (χ4n) is 3.79. The molecule has 0 saturated carbocycles. The number of carbonyl (C=O) groups excluding carboxylic acids is 1. The predicted octanol–water partition coefficient (Wildman–Crippen LogP) is 6.34. The summed E-state index contributed by atoms with van der Waals surface area (Å²) in [6.07, 6.45) is 3.45. The molecule has 1 saturated heterocycles. The van der Waals surface area contributed by atoms with Crippen molar-refractivity contribution in [3.05, 3.63) is 62.8 Å². The molecule has 1 aliphatic rings. The van der Waals surface area contributed by atoms with Crippen molar-refractivity contribution in [3.8, 4) is 0 Å². The van der Waals surface area contributed by atoms with E-state index in [-0.39, 0.29) is 10.9 Å². The van der Waals surface area contributed by atoms with Crippen LogP contribution in [-0.2, 0) is 0 Å². The Morgan fingerprint density at radius 2 is 1.93 bits per heavy atom. The molecule has 3 aromatic rings. The van der Waals surface area contributed by atoms with Gasteiger partial charge in [-0.3, -0.25) is 4.79 Å². The maximum absolute atomic E-state index is 13.8. The van der Waals surface area contributed by atoms with Crippen molar-refractivity contribution in [2.45, 2.75) is 26.2 Å². The van der Waals surface area contributed by atoms with E-state index >= 15 is 0 Å². The molecule has 0 unspecified atom stereocenters. The van der Waals surface area contributed by atoms with Gasteiger partial charge in [0.05, 0.1) is 16.1 Å². The van der Waals surface area contributed by atoms with Crippen LogP contribution in [0.1, 0.15) is 35.2 Å². The number of hydrogen-bond donors (Lipinski definition) is 1. The maximum Gasteiger partial charge on any atom is 0.256 e. The minimum Gasteiger partial charge on any atom is -0.356 e. The minimum atomic E-state index is -0.572. The van der Waals surface area contributed by atoms with Crippen LogP contribution in [0, 0.1) is 12.7 Å². The van der Waals surface area contributed by atoms with Crippen LogP contribution in [0.4, 0.5) is 15.9 Å². The highest BCUT2D eigenvalue weighted by Gasteiger charge is 2.23. The topological polar surface area (TPSA) is 45.2 Å². The summed E-state index contributed by atoms with van der Waals surface area (Å²) in [5.41, 5.74) is 2.49. The van der Waals surface area contributed by atoms with Gasteiger partial charge >= 0.3 is 0 Å². The third-order valence-corrected chi connectivity index (χ3v) is 6.02. The van der Waals surface area contributed by atoms with Crippen LogP contribution in [0.15, 0.2) is 40.9 Å². The van der Waals surface area contributed by atoms with Crippen LogP contribution in [0.2, 0.25) is 5.02 Å². The number of benzene rings is 2. The summed E-state index contributed by atoms with van der Waals surface area (Å²) < 4.78 is 14.7. The molecule has 1 aromatic heterocycles. The van der Waals surface area contributed by atoms with Crippen molar-refractivity contribution < 1.29 is 9.18 Å². The number of hydrogen-bond acceptors (Lipinski definition) is 3. The summed E-state index contributed by atoms with van der Waals surface area (Å²) in [5.74, 6) is -0.0301. The zero-order valence-electron chi connectivity index (χ0n) is 15.9. The second-order valence-electron chi connectivity index (χ2n) is 7.23. The number of pyridine rings is 1. The van der Waals surface area contributed by atoms with Crippen molar-refractivity contribution in [3.63, 3.8) is 0 Å². The molecule has 4 nitrogen and oxygen atoms in total. The van der Waals surface area contributed by atoms with Crippen LogP contribution in [0.3, 0.4) is 0 Å². The number of fused-ring (bicyclic) bond motifs is 1. The average Bonchev–Trinajstić information content (AvgIpc) is 2.71. The van der Waals surface area contributed by atoms with Gasteiger partial charge < -0.3 is 10.2 Å². The van der Waals surface area contributed by atoms with Gasteiger partial charge in [-0.25, -0.2) is 9.37 Å². The van der Waals surface area contributed by atoms with Gasteiger partial charge in [-0.05, 0) is 62.6 Å². The lowest BCUT2D eigenvalue weighted by Gasteiger charge is -2.30. The van der Waals surface area contributed by atoms with Crippen molar-refractivity contribution in [1.82, 2.24) is 4.98 Å². The average molecular weight is 477 g/mol. The molecule has 1 amide bonds. The van der Waals surface area contributed by atoms with Crippen molar-refractivity contribution >= 4 is 55.8 Å². The van der Waals surface area contributed by atoms with Gasteiger partial charge in [-0.2, -0.15) is 0 Å². The molecule has 150 valence electrons. The zero-order chi connectivity index (χ0) is 20.5. The SMILES string of the molecule is Cc1c(N2CCCCC2)nc2ccc(Br)cc2c1C(=O)Nc1ccc(Cl)c(F)c1. The van der Waals surface area contributed by atoms with Crippen LogP contribution in [0.5, 0.6) is 0 Å². The fraction of sp³-hybridized carbons (Fsp3) is 0.273. The Kier molecular flexibility index (Phi) is 5.74. The maximum atomic E-state index is 13.8.